The second kappa shape index (κ2) is 11.4. The van der Waals surface area contributed by atoms with Crippen molar-refractivity contribution < 1.29 is 19.1 Å². The van der Waals surface area contributed by atoms with Crippen LogP contribution in [0.4, 0.5) is 5.69 Å². The summed E-state index contributed by atoms with van der Waals surface area (Å²) < 4.78 is 12.4. The first-order valence-corrected chi connectivity index (χ1v) is 12.5. The van der Waals surface area contributed by atoms with Crippen molar-refractivity contribution in [2.24, 2.45) is 5.10 Å². The van der Waals surface area contributed by atoms with Crippen LogP contribution in [0.5, 0.6) is 11.5 Å². The third-order valence-corrected chi connectivity index (χ3v) is 6.37. The Morgan fingerprint density at radius 2 is 1.86 bits per heavy atom. The van der Waals surface area contributed by atoms with Crippen LogP contribution in [0.25, 0.3) is 0 Å². The Morgan fingerprint density at radius 1 is 1.08 bits per heavy atom. The Hall–Kier alpha value is -3.65. The topological polar surface area (TPSA) is 71.4 Å². The summed E-state index contributed by atoms with van der Waals surface area (Å²) in [5.41, 5.74) is 4.33. The fourth-order valence-electron chi connectivity index (χ4n) is 4.03. The van der Waals surface area contributed by atoms with Gasteiger partial charge >= 0.3 is 0 Å². The van der Waals surface area contributed by atoms with Gasteiger partial charge in [-0.25, -0.2) is 5.01 Å². The van der Waals surface area contributed by atoms with Gasteiger partial charge in [-0.15, -0.1) is 0 Å². The van der Waals surface area contributed by atoms with Crippen LogP contribution < -0.4 is 14.4 Å². The summed E-state index contributed by atoms with van der Waals surface area (Å²) in [7, 11) is 3.98. The molecule has 0 aliphatic carbocycles. The highest BCUT2D eigenvalue weighted by Crippen LogP contribution is 2.35. The third kappa shape index (κ3) is 5.76. The highest BCUT2D eigenvalue weighted by Gasteiger charge is 2.33. The Morgan fingerprint density at radius 3 is 2.53 bits per heavy atom. The van der Waals surface area contributed by atoms with Gasteiger partial charge in [-0.05, 0) is 60.5 Å². The number of carbonyl (C=O) groups is 2. The van der Waals surface area contributed by atoms with Crippen molar-refractivity contribution in [2.75, 3.05) is 32.2 Å². The summed E-state index contributed by atoms with van der Waals surface area (Å²) in [4.78, 5) is 26.6. The van der Waals surface area contributed by atoms with E-state index in [2.05, 4.69) is 15.9 Å². The number of nitrogens with zero attached hydrogens (tertiary/aromatic N) is 3. The minimum atomic E-state index is -0.274. The molecule has 1 unspecified atom stereocenters. The van der Waals surface area contributed by atoms with Gasteiger partial charge in [-0.1, -0.05) is 40.2 Å². The maximum absolute atomic E-state index is 13.4. The van der Waals surface area contributed by atoms with E-state index in [0.29, 0.717) is 30.1 Å². The molecule has 1 amide bonds. The van der Waals surface area contributed by atoms with E-state index < -0.39 is 0 Å². The molecule has 4 rings (SSSR count). The van der Waals surface area contributed by atoms with Crippen LogP contribution in [-0.4, -0.2) is 50.2 Å². The molecular weight excluding hydrogens is 522 g/mol. The molecular formula is C28H28BrN3O4. The summed E-state index contributed by atoms with van der Waals surface area (Å²) in [6, 6.07) is 20.7. The number of hydrogen-bond acceptors (Lipinski definition) is 6. The lowest BCUT2D eigenvalue weighted by Gasteiger charge is -2.23. The number of anilines is 1. The van der Waals surface area contributed by atoms with Gasteiger partial charge in [0.1, 0.15) is 6.29 Å². The number of aldehydes is 1. The van der Waals surface area contributed by atoms with Crippen LogP contribution in [0.1, 0.15) is 40.9 Å². The van der Waals surface area contributed by atoms with Crippen LogP contribution in [0.2, 0.25) is 0 Å². The van der Waals surface area contributed by atoms with Gasteiger partial charge in [0, 0.05) is 36.2 Å². The second-order valence-corrected chi connectivity index (χ2v) is 9.46. The maximum atomic E-state index is 13.4. The van der Waals surface area contributed by atoms with E-state index in [1.807, 2.05) is 74.4 Å². The number of rotatable bonds is 9. The van der Waals surface area contributed by atoms with Crippen molar-refractivity contribution in [3.8, 4) is 11.5 Å². The SMILES string of the molecule is CCOc1cc(C=O)ccc1OCC(=O)N1N=C(c2cccc(Br)c2)CC1c1ccc(N(C)C)cc1. The molecule has 0 spiro atoms. The molecule has 0 aromatic heterocycles. The predicted octanol–water partition coefficient (Wildman–Crippen LogP) is 5.48. The van der Waals surface area contributed by atoms with E-state index in [0.717, 1.165) is 33.3 Å². The molecule has 36 heavy (non-hydrogen) atoms. The molecule has 0 radical (unpaired) electrons. The number of hydrogen-bond donors (Lipinski definition) is 0. The summed E-state index contributed by atoms with van der Waals surface area (Å²) in [5.74, 6) is 0.548. The van der Waals surface area contributed by atoms with E-state index >= 15 is 0 Å². The zero-order chi connectivity index (χ0) is 25.7. The zero-order valence-corrected chi connectivity index (χ0v) is 22.1. The van der Waals surface area contributed by atoms with Crippen molar-refractivity contribution >= 4 is 39.5 Å². The first-order chi connectivity index (χ1) is 17.4. The molecule has 8 heteroatoms. The Balaban J connectivity index is 1.59. The van der Waals surface area contributed by atoms with Gasteiger partial charge in [-0.3, -0.25) is 9.59 Å². The summed E-state index contributed by atoms with van der Waals surface area (Å²) in [6.45, 7) is 2.03. The molecule has 186 valence electrons. The van der Waals surface area contributed by atoms with Crippen LogP contribution in [0, 0.1) is 0 Å². The monoisotopic (exact) mass is 549 g/mol. The molecule has 0 saturated carbocycles. The normalized spacial score (nSPS) is 14.8. The number of amides is 1. The molecule has 3 aromatic rings. The Kier molecular flexibility index (Phi) is 8.05. The Bertz CT molecular complexity index is 1270. The van der Waals surface area contributed by atoms with Crippen molar-refractivity contribution in [3.63, 3.8) is 0 Å². The average Bonchev–Trinajstić information content (AvgIpc) is 3.34. The van der Waals surface area contributed by atoms with Gasteiger partial charge in [0.15, 0.2) is 18.1 Å². The maximum Gasteiger partial charge on any atom is 0.281 e. The van der Waals surface area contributed by atoms with Gasteiger partial charge < -0.3 is 14.4 Å². The zero-order valence-electron chi connectivity index (χ0n) is 20.5. The van der Waals surface area contributed by atoms with E-state index in [1.54, 1.807) is 18.2 Å². The highest BCUT2D eigenvalue weighted by molar-refractivity contribution is 9.10. The first-order valence-electron chi connectivity index (χ1n) is 11.7. The average molecular weight is 550 g/mol. The minimum absolute atomic E-state index is 0.220. The Labute approximate surface area is 219 Å². The number of halogens is 1. The lowest BCUT2D eigenvalue weighted by atomic mass is 9.98. The quantitative estimate of drug-likeness (QED) is 0.330. The number of ether oxygens (including phenoxy) is 2. The molecule has 1 aliphatic heterocycles. The van der Waals surface area contributed by atoms with Crippen LogP contribution in [-0.2, 0) is 4.79 Å². The fraction of sp³-hybridized carbons (Fsp3) is 0.250. The van der Waals surface area contributed by atoms with Gasteiger partial charge in [0.2, 0.25) is 0 Å². The molecule has 0 bridgehead atoms. The van der Waals surface area contributed by atoms with Gasteiger partial charge in [0.05, 0.1) is 18.4 Å². The summed E-state index contributed by atoms with van der Waals surface area (Å²) >= 11 is 3.52. The molecule has 7 nitrogen and oxygen atoms in total. The standard InChI is InChI=1S/C28H28BrN3O4/c1-4-35-27-14-19(17-33)8-13-26(27)36-18-28(34)32-25(20-9-11-23(12-10-20)31(2)3)16-24(30-32)21-6-5-7-22(29)15-21/h5-15,17,25H,4,16,18H2,1-3H3. The van der Waals surface area contributed by atoms with Crippen LogP contribution >= 0.6 is 15.9 Å². The van der Waals surface area contributed by atoms with Gasteiger partial charge in [0.25, 0.3) is 5.91 Å². The highest BCUT2D eigenvalue weighted by atomic mass is 79.9. The summed E-state index contributed by atoms with van der Waals surface area (Å²) in [5, 5.41) is 6.24. The minimum Gasteiger partial charge on any atom is -0.490 e. The van der Waals surface area contributed by atoms with Gasteiger partial charge in [-0.2, -0.15) is 5.10 Å². The lowest BCUT2D eigenvalue weighted by molar-refractivity contribution is -0.135. The first kappa shape index (κ1) is 25.4. The fourth-order valence-corrected chi connectivity index (χ4v) is 4.43. The molecule has 3 aromatic carbocycles. The molecule has 1 heterocycles. The van der Waals surface area contributed by atoms with Crippen molar-refractivity contribution in [1.82, 2.24) is 5.01 Å². The lowest BCUT2D eigenvalue weighted by Crippen LogP contribution is -2.31. The molecule has 0 N–H and O–H groups in total. The second-order valence-electron chi connectivity index (χ2n) is 8.55. The molecule has 0 saturated heterocycles. The number of carbonyl (C=O) groups excluding carboxylic acids is 2. The molecule has 1 aliphatic rings. The molecule has 0 fully saturated rings. The van der Waals surface area contributed by atoms with Crippen LogP contribution in [0.15, 0.2) is 76.3 Å². The predicted molar refractivity (Wildman–Crippen MR) is 144 cm³/mol. The van der Waals surface area contributed by atoms with E-state index in [4.69, 9.17) is 14.6 Å². The van der Waals surface area contributed by atoms with Crippen molar-refractivity contribution in [3.05, 3.63) is 87.9 Å². The molecule has 1 atom stereocenters. The summed E-state index contributed by atoms with van der Waals surface area (Å²) in [6.07, 6.45) is 1.33. The van der Waals surface area contributed by atoms with Crippen LogP contribution in [0.3, 0.4) is 0 Å². The largest absolute Gasteiger partial charge is 0.490 e. The smallest absolute Gasteiger partial charge is 0.281 e. The van der Waals surface area contributed by atoms with E-state index in [-0.39, 0.29) is 18.6 Å². The van der Waals surface area contributed by atoms with E-state index in [1.165, 1.54) is 5.01 Å². The van der Waals surface area contributed by atoms with Crippen molar-refractivity contribution in [1.29, 1.82) is 0 Å². The van der Waals surface area contributed by atoms with Crippen molar-refractivity contribution in [2.45, 2.75) is 19.4 Å². The number of hydrazone groups is 1. The third-order valence-electron chi connectivity index (χ3n) is 5.87. The number of benzene rings is 3. The van der Waals surface area contributed by atoms with E-state index in [9.17, 15) is 9.59 Å².